The van der Waals surface area contributed by atoms with E-state index in [2.05, 4.69) is 0 Å². The number of hydrogen-bond acceptors (Lipinski definition) is 3. The Labute approximate surface area is 150 Å². The maximum absolute atomic E-state index is 12.5. The van der Waals surface area contributed by atoms with Gasteiger partial charge in [-0.05, 0) is 49.2 Å². The van der Waals surface area contributed by atoms with Crippen molar-refractivity contribution >= 4 is 18.3 Å². The number of ether oxygens (including phenoxy) is 1. The van der Waals surface area contributed by atoms with E-state index in [0.717, 1.165) is 16.9 Å². The lowest BCUT2D eigenvalue weighted by molar-refractivity contribution is 0.0785. The Morgan fingerprint density at radius 1 is 1.12 bits per heavy atom. The van der Waals surface area contributed by atoms with Crippen LogP contribution in [0.1, 0.15) is 35.3 Å². The first-order valence-corrected chi connectivity index (χ1v) is 7.79. The van der Waals surface area contributed by atoms with Crippen LogP contribution < -0.4 is 10.5 Å². The Hall–Kier alpha value is -2.04. The summed E-state index contributed by atoms with van der Waals surface area (Å²) in [7, 11) is 1.80. The Morgan fingerprint density at radius 2 is 1.79 bits per heavy atom. The zero-order valence-corrected chi connectivity index (χ0v) is 15.2. The maximum Gasteiger partial charge on any atom is 0.253 e. The summed E-state index contributed by atoms with van der Waals surface area (Å²) in [5.41, 5.74) is 8.30. The van der Waals surface area contributed by atoms with Gasteiger partial charge in [0, 0.05) is 25.7 Å². The van der Waals surface area contributed by atoms with Gasteiger partial charge in [-0.2, -0.15) is 0 Å². The molecule has 0 saturated carbocycles. The lowest BCUT2D eigenvalue weighted by Gasteiger charge is -2.18. The molecule has 0 aromatic heterocycles. The van der Waals surface area contributed by atoms with Gasteiger partial charge in [-0.15, -0.1) is 12.4 Å². The molecule has 4 nitrogen and oxygen atoms in total. The van der Waals surface area contributed by atoms with Crippen molar-refractivity contribution in [1.82, 2.24) is 4.90 Å². The van der Waals surface area contributed by atoms with Crippen LogP contribution in [0.4, 0.5) is 0 Å². The minimum atomic E-state index is -0.0104. The van der Waals surface area contributed by atoms with E-state index in [1.807, 2.05) is 62.4 Å². The van der Waals surface area contributed by atoms with Crippen LogP contribution in [0, 0.1) is 0 Å². The Morgan fingerprint density at radius 3 is 2.38 bits per heavy atom. The fourth-order valence-electron chi connectivity index (χ4n) is 2.34. The van der Waals surface area contributed by atoms with E-state index in [4.69, 9.17) is 10.5 Å². The third kappa shape index (κ3) is 5.55. The van der Waals surface area contributed by atoms with Gasteiger partial charge in [-0.3, -0.25) is 4.79 Å². The number of nitrogens with two attached hydrogens (primary N) is 1. The second-order valence-electron chi connectivity index (χ2n) is 5.88. The molecule has 130 valence electrons. The van der Waals surface area contributed by atoms with E-state index in [1.165, 1.54) is 0 Å². The lowest BCUT2D eigenvalue weighted by Crippen LogP contribution is -2.26. The van der Waals surface area contributed by atoms with Crippen LogP contribution in [0.25, 0.3) is 0 Å². The maximum atomic E-state index is 12.5. The van der Waals surface area contributed by atoms with Crippen molar-refractivity contribution in [3.05, 3.63) is 65.2 Å². The molecule has 0 radical (unpaired) electrons. The highest BCUT2D eigenvalue weighted by Crippen LogP contribution is 2.17. The van der Waals surface area contributed by atoms with Crippen molar-refractivity contribution in [2.24, 2.45) is 5.73 Å². The number of nitrogens with zero attached hydrogens (tertiary/aromatic N) is 1. The predicted octanol–water partition coefficient (Wildman–Crippen LogP) is 3.63. The van der Waals surface area contributed by atoms with E-state index < -0.39 is 0 Å². The van der Waals surface area contributed by atoms with Crippen molar-refractivity contribution in [3.8, 4) is 5.75 Å². The van der Waals surface area contributed by atoms with Crippen molar-refractivity contribution in [2.45, 2.75) is 33.0 Å². The highest BCUT2D eigenvalue weighted by Gasteiger charge is 2.12. The molecular weight excluding hydrogens is 324 g/mol. The average Bonchev–Trinajstić information content (AvgIpc) is 2.54. The van der Waals surface area contributed by atoms with Gasteiger partial charge >= 0.3 is 0 Å². The second kappa shape index (κ2) is 9.30. The first-order valence-electron chi connectivity index (χ1n) is 7.79. The van der Waals surface area contributed by atoms with Gasteiger partial charge in [0.1, 0.15) is 5.75 Å². The molecular formula is C19H25ClN2O2. The van der Waals surface area contributed by atoms with Gasteiger partial charge in [0.25, 0.3) is 5.91 Å². The van der Waals surface area contributed by atoms with Gasteiger partial charge in [0.2, 0.25) is 0 Å². The fourth-order valence-corrected chi connectivity index (χ4v) is 2.34. The highest BCUT2D eigenvalue weighted by atomic mass is 35.5. The van der Waals surface area contributed by atoms with Gasteiger partial charge in [0.05, 0.1) is 6.10 Å². The predicted molar refractivity (Wildman–Crippen MR) is 99.6 cm³/mol. The number of benzene rings is 2. The number of rotatable bonds is 6. The lowest BCUT2D eigenvalue weighted by atomic mass is 10.1. The normalized spacial score (nSPS) is 10.2. The van der Waals surface area contributed by atoms with E-state index >= 15 is 0 Å². The van der Waals surface area contributed by atoms with Crippen molar-refractivity contribution in [3.63, 3.8) is 0 Å². The quantitative estimate of drug-likeness (QED) is 0.867. The Kier molecular flexibility index (Phi) is 7.75. The number of halogens is 1. The van der Waals surface area contributed by atoms with E-state index in [9.17, 15) is 4.79 Å². The smallest absolute Gasteiger partial charge is 0.253 e. The highest BCUT2D eigenvalue weighted by molar-refractivity contribution is 5.94. The summed E-state index contributed by atoms with van der Waals surface area (Å²) in [6, 6.07) is 15.3. The molecule has 0 aliphatic heterocycles. The van der Waals surface area contributed by atoms with E-state index in [1.54, 1.807) is 11.9 Å². The van der Waals surface area contributed by atoms with Gasteiger partial charge in [0.15, 0.2) is 0 Å². The standard InChI is InChI=1S/C19H24N2O2.ClH/c1-14(2)23-18-6-4-5-16(11-18)13-21(3)19(22)17-9-7-15(12-20)8-10-17;/h4-11,14H,12-13,20H2,1-3H3;1H. The Bertz CT molecular complexity index is 657. The SMILES string of the molecule is CC(C)Oc1cccc(CN(C)C(=O)c2ccc(CN)cc2)c1.Cl. The molecule has 0 bridgehead atoms. The van der Waals surface area contributed by atoms with Crippen LogP contribution in [0.5, 0.6) is 5.75 Å². The molecule has 0 aliphatic rings. The molecule has 2 aromatic carbocycles. The number of amides is 1. The van der Waals surface area contributed by atoms with Crippen LogP contribution in [0.15, 0.2) is 48.5 Å². The third-order valence-corrected chi connectivity index (χ3v) is 3.47. The summed E-state index contributed by atoms with van der Waals surface area (Å²) in [6.45, 7) is 5.00. The first kappa shape index (κ1) is 20.0. The molecule has 1 amide bonds. The zero-order chi connectivity index (χ0) is 16.8. The number of carbonyl (C=O) groups excluding carboxylic acids is 1. The van der Waals surface area contributed by atoms with Crippen molar-refractivity contribution < 1.29 is 9.53 Å². The minimum absolute atomic E-state index is 0. The third-order valence-electron chi connectivity index (χ3n) is 3.47. The van der Waals surface area contributed by atoms with Gasteiger partial charge in [-0.1, -0.05) is 24.3 Å². The minimum Gasteiger partial charge on any atom is -0.491 e. The number of carbonyl (C=O) groups is 1. The Balaban J connectivity index is 0.00000288. The molecule has 5 heteroatoms. The molecule has 0 aliphatic carbocycles. The molecule has 0 spiro atoms. The van der Waals surface area contributed by atoms with Crippen molar-refractivity contribution in [2.75, 3.05) is 7.05 Å². The monoisotopic (exact) mass is 348 g/mol. The molecule has 2 rings (SSSR count). The van der Waals surface area contributed by atoms with Gasteiger partial charge in [-0.25, -0.2) is 0 Å². The summed E-state index contributed by atoms with van der Waals surface area (Å²) in [6.07, 6.45) is 0.130. The summed E-state index contributed by atoms with van der Waals surface area (Å²) >= 11 is 0. The largest absolute Gasteiger partial charge is 0.491 e. The van der Waals surface area contributed by atoms with Crippen LogP contribution in [0.2, 0.25) is 0 Å². The summed E-state index contributed by atoms with van der Waals surface area (Å²) in [5.74, 6) is 0.814. The first-order chi connectivity index (χ1) is 11.0. The van der Waals surface area contributed by atoms with Crippen LogP contribution in [0.3, 0.4) is 0 Å². The van der Waals surface area contributed by atoms with Crippen LogP contribution in [-0.2, 0) is 13.1 Å². The molecule has 0 heterocycles. The summed E-state index contributed by atoms with van der Waals surface area (Å²) in [4.78, 5) is 14.2. The molecule has 0 fully saturated rings. The van der Waals surface area contributed by atoms with Crippen LogP contribution >= 0.6 is 12.4 Å². The summed E-state index contributed by atoms with van der Waals surface area (Å²) in [5, 5.41) is 0. The zero-order valence-electron chi connectivity index (χ0n) is 14.4. The van der Waals surface area contributed by atoms with E-state index in [0.29, 0.717) is 18.7 Å². The van der Waals surface area contributed by atoms with Gasteiger partial charge < -0.3 is 15.4 Å². The molecule has 24 heavy (non-hydrogen) atoms. The molecule has 0 unspecified atom stereocenters. The average molecular weight is 349 g/mol. The molecule has 2 N–H and O–H groups in total. The molecule has 0 saturated heterocycles. The number of hydrogen-bond donors (Lipinski definition) is 1. The summed E-state index contributed by atoms with van der Waals surface area (Å²) < 4.78 is 5.69. The second-order valence-corrected chi connectivity index (χ2v) is 5.88. The van der Waals surface area contributed by atoms with E-state index in [-0.39, 0.29) is 24.4 Å². The molecule has 0 atom stereocenters. The van der Waals surface area contributed by atoms with Crippen LogP contribution in [-0.4, -0.2) is 24.0 Å². The molecule has 2 aromatic rings. The topological polar surface area (TPSA) is 55.6 Å². The van der Waals surface area contributed by atoms with Crippen molar-refractivity contribution in [1.29, 1.82) is 0 Å². The fraction of sp³-hybridized carbons (Fsp3) is 0.316.